The van der Waals surface area contributed by atoms with Crippen molar-refractivity contribution in [1.82, 2.24) is 5.32 Å². The lowest BCUT2D eigenvalue weighted by molar-refractivity contribution is -0.00878. The zero-order chi connectivity index (χ0) is 12.6. The molecule has 3 atom stereocenters. The first kappa shape index (κ1) is 15.6. The van der Waals surface area contributed by atoms with Gasteiger partial charge in [-0.3, -0.25) is 0 Å². The van der Waals surface area contributed by atoms with Crippen LogP contribution in [0.25, 0.3) is 0 Å². The number of aliphatic hydroxyl groups excluding tert-OH is 1. The lowest BCUT2D eigenvalue weighted by Crippen LogP contribution is -2.35. The molecular formula is C13H27NO2. The molecule has 0 aromatic rings. The van der Waals surface area contributed by atoms with Crippen LogP contribution in [0.1, 0.15) is 34.1 Å². The van der Waals surface area contributed by atoms with E-state index in [0.717, 1.165) is 6.42 Å². The quantitative estimate of drug-likeness (QED) is 0.594. The SMILES string of the molecule is C=CC(C)NCC(O)COC(C)CC(C)C. The van der Waals surface area contributed by atoms with E-state index in [2.05, 4.69) is 25.7 Å². The average Bonchev–Trinajstić information content (AvgIpc) is 2.22. The molecule has 0 saturated carbocycles. The minimum Gasteiger partial charge on any atom is -0.389 e. The van der Waals surface area contributed by atoms with Gasteiger partial charge in [0.15, 0.2) is 0 Å². The summed E-state index contributed by atoms with van der Waals surface area (Å²) < 4.78 is 5.56. The Morgan fingerprint density at radius 1 is 1.31 bits per heavy atom. The summed E-state index contributed by atoms with van der Waals surface area (Å²) in [5, 5.41) is 12.8. The van der Waals surface area contributed by atoms with Gasteiger partial charge in [-0.2, -0.15) is 0 Å². The Bertz CT molecular complexity index is 183. The maximum absolute atomic E-state index is 9.65. The van der Waals surface area contributed by atoms with Crippen LogP contribution in [-0.2, 0) is 4.74 Å². The third-order valence-electron chi connectivity index (χ3n) is 2.41. The standard InChI is InChI=1S/C13H27NO2/c1-6-11(4)14-8-13(15)9-16-12(5)7-10(2)3/h6,10-15H,1,7-9H2,2-5H3. The maximum Gasteiger partial charge on any atom is 0.0898 e. The first-order valence-corrected chi connectivity index (χ1v) is 6.11. The predicted molar refractivity (Wildman–Crippen MR) is 68.5 cm³/mol. The fraction of sp³-hybridized carbons (Fsp3) is 0.846. The normalized spacial score (nSPS) is 17.1. The van der Waals surface area contributed by atoms with E-state index in [1.165, 1.54) is 0 Å². The van der Waals surface area contributed by atoms with Gasteiger partial charge in [0.25, 0.3) is 0 Å². The molecule has 0 fully saturated rings. The molecule has 0 bridgehead atoms. The van der Waals surface area contributed by atoms with E-state index in [4.69, 9.17) is 4.74 Å². The van der Waals surface area contributed by atoms with Gasteiger partial charge in [-0.05, 0) is 26.2 Å². The van der Waals surface area contributed by atoms with E-state index in [0.29, 0.717) is 19.1 Å². The summed E-state index contributed by atoms with van der Waals surface area (Å²) in [5.74, 6) is 0.631. The highest BCUT2D eigenvalue weighted by atomic mass is 16.5. The zero-order valence-corrected chi connectivity index (χ0v) is 11.1. The molecule has 3 unspecified atom stereocenters. The summed E-state index contributed by atoms with van der Waals surface area (Å²) in [4.78, 5) is 0. The predicted octanol–water partition coefficient (Wildman–Crippen LogP) is 1.96. The number of hydrogen-bond acceptors (Lipinski definition) is 3. The highest BCUT2D eigenvalue weighted by molar-refractivity contribution is 4.81. The van der Waals surface area contributed by atoms with Crippen molar-refractivity contribution in [2.24, 2.45) is 5.92 Å². The van der Waals surface area contributed by atoms with Crippen LogP contribution in [0, 0.1) is 5.92 Å². The van der Waals surface area contributed by atoms with Gasteiger partial charge in [0.2, 0.25) is 0 Å². The molecule has 0 aliphatic carbocycles. The first-order chi connectivity index (χ1) is 7.45. The van der Waals surface area contributed by atoms with Gasteiger partial charge >= 0.3 is 0 Å². The summed E-state index contributed by atoms with van der Waals surface area (Å²) in [5.41, 5.74) is 0. The van der Waals surface area contributed by atoms with Crippen molar-refractivity contribution < 1.29 is 9.84 Å². The minimum absolute atomic E-state index is 0.214. The molecule has 3 nitrogen and oxygen atoms in total. The summed E-state index contributed by atoms with van der Waals surface area (Å²) in [6, 6.07) is 0.225. The van der Waals surface area contributed by atoms with Crippen molar-refractivity contribution in [2.75, 3.05) is 13.2 Å². The number of ether oxygens (including phenoxy) is 1. The molecule has 0 saturated heterocycles. The average molecular weight is 229 g/mol. The second-order valence-electron chi connectivity index (χ2n) is 4.86. The third-order valence-corrected chi connectivity index (χ3v) is 2.41. The molecule has 3 heteroatoms. The molecule has 16 heavy (non-hydrogen) atoms. The molecule has 0 aromatic carbocycles. The molecule has 0 amide bonds. The Labute approximate surface area is 99.9 Å². The number of hydrogen-bond donors (Lipinski definition) is 2. The lowest BCUT2D eigenvalue weighted by Gasteiger charge is -2.19. The van der Waals surface area contributed by atoms with Gasteiger partial charge in [0, 0.05) is 12.6 Å². The molecular weight excluding hydrogens is 202 g/mol. The Morgan fingerprint density at radius 3 is 2.44 bits per heavy atom. The smallest absolute Gasteiger partial charge is 0.0898 e. The lowest BCUT2D eigenvalue weighted by atomic mass is 10.1. The van der Waals surface area contributed by atoms with E-state index in [-0.39, 0.29) is 12.1 Å². The van der Waals surface area contributed by atoms with E-state index in [9.17, 15) is 5.11 Å². The first-order valence-electron chi connectivity index (χ1n) is 6.11. The molecule has 0 aromatic heterocycles. The summed E-state index contributed by atoms with van der Waals surface area (Å²) >= 11 is 0. The molecule has 2 N–H and O–H groups in total. The molecule has 0 radical (unpaired) electrons. The Kier molecular flexibility index (Phi) is 8.53. The fourth-order valence-electron chi connectivity index (χ4n) is 1.47. The van der Waals surface area contributed by atoms with Crippen LogP contribution in [0.3, 0.4) is 0 Å². The van der Waals surface area contributed by atoms with E-state index >= 15 is 0 Å². The largest absolute Gasteiger partial charge is 0.389 e. The van der Waals surface area contributed by atoms with Crippen LogP contribution >= 0.6 is 0 Å². The zero-order valence-electron chi connectivity index (χ0n) is 11.1. The Balaban J connectivity index is 3.56. The second kappa shape index (κ2) is 8.74. The van der Waals surface area contributed by atoms with E-state index in [1.54, 1.807) is 0 Å². The summed E-state index contributed by atoms with van der Waals surface area (Å²) in [6.07, 6.45) is 2.61. The van der Waals surface area contributed by atoms with Crippen molar-refractivity contribution in [3.05, 3.63) is 12.7 Å². The van der Waals surface area contributed by atoms with Gasteiger partial charge in [0.05, 0.1) is 18.8 Å². The molecule has 0 heterocycles. The fourth-order valence-corrected chi connectivity index (χ4v) is 1.47. The van der Waals surface area contributed by atoms with Gasteiger partial charge in [-0.1, -0.05) is 19.9 Å². The molecule has 0 aliphatic rings. The molecule has 0 rings (SSSR count). The van der Waals surface area contributed by atoms with Crippen molar-refractivity contribution in [3.63, 3.8) is 0 Å². The van der Waals surface area contributed by atoms with Crippen LogP contribution in [-0.4, -0.2) is 36.5 Å². The number of aliphatic hydroxyl groups is 1. The topological polar surface area (TPSA) is 41.5 Å². The maximum atomic E-state index is 9.65. The third kappa shape index (κ3) is 8.89. The monoisotopic (exact) mass is 229 g/mol. The highest BCUT2D eigenvalue weighted by Gasteiger charge is 2.09. The summed E-state index contributed by atoms with van der Waals surface area (Å²) in [7, 11) is 0. The van der Waals surface area contributed by atoms with Gasteiger partial charge in [-0.15, -0.1) is 6.58 Å². The van der Waals surface area contributed by atoms with Gasteiger partial charge in [0.1, 0.15) is 0 Å². The number of rotatable bonds is 9. The molecule has 0 aliphatic heterocycles. The van der Waals surface area contributed by atoms with Crippen LogP contribution in [0.4, 0.5) is 0 Å². The van der Waals surface area contributed by atoms with Crippen molar-refractivity contribution in [1.29, 1.82) is 0 Å². The van der Waals surface area contributed by atoms with Crippen LogP contribution in [0.15, 0.2) is 12.7 Å². The highest BCUT2D eigenvalue weighted by Crippen LogP contribution is 2.07. The van der Waals surface area contributed by atoms with E-state index < -0.39 is 6.10 Å². The Hall–Kier alpha value is -0.380. The van der Waals surface area contributed by atoms with Crippen LogP contribution < -0.4 is 5.32 Å². The van der Waals surface area contributed by atoms with Crippen molar-refractivity contribution in [2.45, 2.75) is 52.4 Å². The Morgan fingerprint density at radius 2 is 1.94 bits per heavy atom. The number of nitrogens with one attached hydrogen (secondary N) is 1. The van der Waals surface area contributed by atoms with Gasteiger partial charge in [-0.25, -0.2) is 0 Å². The van der Waals surface area contributed by atoms with Crippen LogP contribution in [0.2, 0.25) is 0 Å². The van der Waals surface area contributed by atoms with Gasteiger partial charge < -0.3 is 15.2 Å². The van der Waals surface area contributed by atoms with E-state index in [1.807, 2.05) is 19.9 Å². The van der Waals surface area contributed by atoms with Crippen LogP contribution in [0.5, 0.6) is 0 Å². The minimum atomic E-state index is -0.447. The molecule has 96 valence electrons. The van der Waals surface area contributed by atoms with Crippen molar-refractivity contribution >= 4 is 0 Å². The molecule has 0 spiro atoms. The van der Waals surface area contributed by atoms with Crippen molar-refractivity contribution in [3.8, 4) is 0 Å². The second-order valence-corrected chi connectivity index (χ2v) is 4.86. The summed E-state index contributed by atoms with van der Waals surface area (Å²) in [6.45, 7) is 13.0.